The number of hydrogen-bond donors (Lipinski definition) is 0. The van der Waals surface area contributed by atoms with E-state index in [1.54, 1.807) is 24.3 Å². The van der Waals surface area contributed by atoms with Gasteiger partial charge < -0.3 is 18.9 Å². The molecule has 0 unspecified atom stereocenters. The van der Waals surface area contributed by atoms with Crippen molar-refractivity contribution < 1.29 is 18.9 Å². The summed E-state index contributed by atoms with van der Waals surface area (Å²) in [5.41, 5.74) is 16.0. The van der Waals surface area contributed by atoms with E-state index in [-0.39, 0.29) is 11.8 Å². The lowest BCUT2D eigenvalue weighted by atomic mass is 9.79. The van der Waals surface area contributed by atoms with Crippen LogP contribution in [0.4, 0.5) is 0 Å². The average molecular weight is 747 g/mol. The fraction of sp³-hybridized carbons (Fsp3) is 0.269. The molecule has 0 spiro atoms. The summed E-state index contributed by atoms with van der Waals surface area (Å²) in [7, 11) is 0. The highest BCUT2D eigenvalue weighted by atomic mass is 16.5. The van der Waals surface area contributed by atoms with Gasteiger partial charge in [-0.1, -0.05) is 123 Å². The molecular weight excluding hydrogens is 689 g/mol. The molecule has 0 heterocycles. The zero-order chi connectivity index (χ0) is 40.5. The van der Waals surface area contributed by atoms with Crippen LogP contribution in [0.3, 0.4) is 0 Å². The van der Waals surface area contributed by atoms with E-state index in [2.05, 4.69) is 155 Å². The largest absolute Gasteiger partial charge is 0.489 e. The van der Waals surface area contributed by atoms with E-state index in [1.807, 2.05) is 0 Å². The van der Waals surface area contributed by atoms with Crippen LogP contribution in [0.1, 0.15) is 89.7 Å². The van der Waals surface area contributed by atoms with Gasteiger partial charge in [0.1, 0.15) is 49.4 Å². The average Bonchev–Trinajstić information content (AvgIpc) is 3.14. The van der Waals surface area contributed by atoms with Crippen LogP contribution in [0.15, 0.2) is 123 Å². The van der Waals surface area contributed by atoms with Crippen LogP contribution in [-0.2, 0) is 0 Å². The second-order valence-corrected chi connectivity index (χ2v) is 14.9. The minimum atomic E-state index is -0.0317. The standard InChI is InChI=1S/C52H58O4/c1-13-21-53-49-33(5)25-43(26-34(49)6)47(44-27-35(7)50(36(8)28-44)54-22-14-2)41-17-19-42(20-18-41)48(45-29-37(9)51(38(10)30-45)55-23-15-3)46-31-39(11)52(40(12)32-46)56-24-16-4/h13-20,25-32,47-48H,1-4,21-24H2,5-12H3. The third-order valence-electron chi connectivity index (χ3n) is 10.2. The van der Waals surface area contributed by atoms with E-state index in [9.17, 15) is 0 Å². The molecule has 0 saturated heterocycles. The summed E-state index contributed by atoms with van der Waals surface area (Å²) < 4.78 is 24.4. The van der Waals surface area contributed by atoms with Gasteiger partial charge in [-0.3, -0.25) is 0 Å². The van der Waals surface area contributed by atoms with Crippen LogP contribution in [0.25, 0.3) is 0 Å². The highest BCUT2D eigenvalue weighted by molar-refractivity contribution is 5.57. The molecule has 0 N–H and O–H groups in total. The van der Waals surface area contributed by atoms with Gasteiger partial charge in [0.15, 0.2) is 0 Å². The minimum Gasteiger partial charge on any atom is -0.489 e. The van der Waals surface area contributed by atoms with E-state index >= 15 is 0 Å². The molecule has 0 saturated carbocycles. The molecule has 0 aliphatic rings. The molecule has 0 radical (unpaired) electrons. The quantitative estimate of drug-likeness (QED) is 0.0661. The van der Waals surface area contributed by atoms with Crippen molar-refractivity contribution in [3.05, 3.63) is 201 Å². The van der Waals surface area contributed by atoms with Gasteiger partial charge in [-0.2, -0.15) is 0 Å². The van der Waals surface area contributed by atoms with E-state index < -0.39 is 0 Å². The van der Waals surface area contributed by atoms with E-state index in [0.29, 0.717) is 26.4 Å². The smallest absolute Gasteiger partial charge is 0.125 e. The maximum absolute atomic E-state index is 6.10. The first-order valence-corrected chi connectivity index (χ1v) is 19.4. The van der Waals surface area contributed by atoms with Gasteiger partial charge in [-0.25, -0.2) is 0 Å². The Morgan fingerprint density at radius 2 is 0.518 bits per heavy atom. The van der Waals surface area contributed by atoms with Crippen molar-refractivity contribution in [2.24, 2.45) is 0 Å². The highest BCUT2D eigenvalue weighted by Crippen LogP contribution is 2.42. The third-order valence-corrected chi connectivity index (χ3v) is 10.2. The van der Waals surface area contributed by atoms with Crippen LogP contribution in [-0.4, -0.2) is 26.4 Å². The summed E-state index contributed by atoms with van der Waals surface area (Å²) in [5.74, 6) is 3.56. The summed E-state index contributed by atoms with van der Waals surface area (Å²) in [5, 5.41) is 0. The van der Waals surface area contributed by atoms with Gasteiger partial charge in [-0.05, 0) is 133 Å². The second-order valence-electron chi connectivity index (χ2n) is 14.9. The molecule has 5 aromatic carbocycles. The molecule has 290 valence electrons. The molecule has 0 amide bonds. The monoisotopic (exact) mass is 746 g/mol. The van der Waals surface area contributed by atoms with Gasteiger partial charge in [0.2, 0.25) is 0 Å². The van der Waals surface area contributed by atoms with Crippen molar-refractivity contribution in [3.8, 4) is 23.0 Å². The Hall–Kier alpha value is -5.74. The maximum atomic E-state index is 6.10. The number of benzene rings is 5. The molecule has 5 rings (SSSR count). The highest BCUT2D eigenvalue weighted by Gasteiger charge is 2.25. The number of rotatable bonds is 18. The Balaban J connectivity index is 1.69. The lowest BCUT2D eigenvalue weighted by molar-refractivity contribution is 0.357. The molecule has 0 atom stereocenters. The summed E-state index contributed by atoms with van der Waals surface area (Å²) >= 11 is 0. The van der Waals surface area contributed by atoms with Crippen molar-refractivity contribution in [2.45, 2.75) is 67.2 Å². The van der Waals surface area contributed by atoms with Gasteiger partial charge in [-0.15, -0.1) is 0 Å². The van der Waals surface area contributed by atoms with Gasteiger partial charge in [0, 0.05) is 11.8 Å². The Labute approximate surface area is 335 Å². The van der Waals surface area contributed by atoms with Crippen molar-refractivity contribution in [3.63, 3.8) is 0 Å². The van der Waals surface area contributed by atoms with Crippen LogP contribution in [0.5, 0.6) is 23.0 Å². The molecule has 0 aromatic heterocycles. The Morgan fingerprint density at radius 1 is 0.339 bits per heavy atom. The molecule has 0 fully saturated rings. The molecule has 56 heavy (non-hydrogen) atoms. The van der Waals surface area contributed by atoms with Crippen LogP contribution in [0.2, 0.25) is 0 Å². The predicted molar refractivity (Wildman–Crippen MR) is 235 cm³/mol. The summed E-state index contributed by atoms with van der Waals surface area (Å²) in [6.07, 6.45) is 7.14. The van der Waals surface area contributed by atoms with Crippen molar-refractivity contribution in [1.29, 1.82) is 0 Å². The van der Waals surface area contributed by atoms with Crippen LogP contribution in [0, 0.1) is 55.4 Å². The summed E-state index contributed by atoms with van der Waals surface area (Å²) in [6, 6.07) is 27.3. The lowest BCUT2D eigenvalue weighted by Gasteiger charge is -2.26. The molecular formula is C52H58O4. The molecule has 4 heteroatoms. The zero-order valence-electron chi connectivity index (χ0n) is 34.7. The fourth-order valence-corrected chi connectivity index (χ4v) is 8.12. The first-order valence-electron chi connectivity index (χ1n) is 19.4. The maximum Gasteiger partial charge on any atom is 0.125 e. The normalized spacial score (nSPS) is 11.0. The van der Waals surface area contributed by atoms with E-state index in [1.165, 1.54) is 33.4 Å². The minimum absolute atomic E-state index is 0.0317. The van der Waals surface area contributed by atoms with Crippen LogP contribution < -0.4 is 18.9 Å². The summed E-state index contributed by atoms with van der Waals surface area (Å²) in [4.78, 5) is 0. The molecule has 0 aliphatic heterocycles. The molecule has 5 aromatic rings. The van der Waals surface area contributed by atoms with Crippen molar-refractivity contribution >= 4 is 0 Å². The lowest BCUT2D eigenvalue weighted by Crippen LogP contribution is -2.10. The van der Waals surface area contributed by atoms with Crippen LogP contribution >= 0.6 is 0 Å². The summed E-state index contributed by atoms with van der Waals surface area (Å²) in [6.45, 7) is 34.2. The molecule has 4 nitrogen and oxygen atoms in total. The third kappa shape index (κ3) is 9.20. The van der Waals surface area contributed by atoms with Gasteiger partial charge in [0.05, 0.1) is 0 Å². The van der Waals surface area contributed by atoms with Gasteiger partial charge in [0.25, 0.3) is 0 Å². The van der Waals surface area contributed by atoms with Crippen molar-refractivity contribution in [1.82, 2.24) is 0 Å². The Kier molecular flexibility index (Phi) is 13.9. The fourth-order valence-electron chi connectivity index (χ4n) is 8.12. The Morgan fingerprint density at radius 3 is 0.679 bits per heavy atom. The van der Waals surface area contributed by atoms with Crippen molar-refractivity contribution in [2.75, 3.05) is 26.4 Å². The predicted octanol–water partition coefficient (Wildman–Crippen LogP) is 12.8. The number of hydrogen-bond acceptors (Lipinski definition) is 4. The van der Waals surface area contributed by atoms with E-state index in [0.717, 1.165) is 67.5 Å². The van der Waals surface area contributed by atoms with E-state index in [4.69, 9.17) is 18.9 Å². The zero-order valence-corrected chi connectivity index (χ0v) is 34.7. The molecule has 0 bridgehead atoms. The first-order chi connectivity index (χ1) is 26.9. The Bertz CT molecular complexity index is 1840. The SMILES string of the molecule is C=CCOc1c(C)cc(C(c2ccc(C(c3cc(C)c(OCC=C)c(C)c3)c3cc(C)c(OCC=C)c(C)c3)cc2)c2cc(C)c(OCC=C)c(C)c2)cc1C. The second kappa shape index (κ2) is 18.7. The first kappa shape index (κ1) is 41.4. The van der Waals surface area contributed by atoms with Gasteiger partial charge >= 0.3 is 0 Å². The topological polar surface area (TPSA) is 36.9 Å². The molecule has 0 aliphatic carbocycles. The number of ether oxygens (including phenoxy) is 4. The number of aryl methyl sites for hydroxylation is 8.